The lowest BCUT2D eigenvalue weighted by molar-refractivity contribution is 0.0391. The maximum absolute atomic E-state index is 12.6. The zero-order chi connectivity index (χ0) is 14.9. The minimum absolute atomic E-state index is 0.117. The van der Waals surface area contributed by atoms with Crippen molar-refractivity contribution in [2.45, 2.75) is 43.4 Å². The van der Waals surface area contributed by atoms with Gasteiger partial charge in [0.2, 0.25) is 0 Å². The van der Waals surface area contributed by atoms with Crippen LogP contribution < -0.4 is 5.32 Å². The number of sulfonamides is 1. The fourth-order valence-corrected chi connectivity index (χ4v) is 3.92. The van der Waals surface area contributed by atoms with E-state index in [9.17, 15) is 8.42 Å². The van der Waals surface area contributed by atoms with Gasteiger partial charge in [-0.2, -0.15) is 4.31 Å². The second-order valence-corrected chi connectivity index (χ2v) is 7.54. The van der Waals surface area contributed by atoms with Gasteiger partial charge >= 0.3 is 0 Å². The first-order valence-corrected chi connectivity index (χ1v) is 8.79. The van der Waals surface area contributed by atoms with E-state index in [1.807, 2.05) is 13.0 Å². The maximum Gasteiger partial charge on any atom is 0.260 e. The summed E-state index contributed by atoms with van der Waals surface area (Å²) >= 11 is 0. The van der Waals surface area contributed by atoms with Crippen molar-refractivity contribution in [3.05, 3.63) is 23.9 Å². The highest BCUT2D eigenvalue weighted by atomic mass is 32.2. The molecule has 21 heavy (non-hydrogen) atoms. The predicted molar refractivity (Wildman–Crippen MR) is 78.3 cm³/mol. The van der Waals surface area contributed by atoms with Gasteiger partial charge < -0.3 is 10.1 Å². The van der Waals surface area contributed by atoms with Crippen LogP contribution in [0.4, 0.5) is 0 Å². The smallest absolute Gasteiger partial charge is 0.260 e. The van der Waals surface area contributed by atoms with Crippen LogP contribution in [0.3, 0.4) is 0 Å². The standard InChI is InChI=1S/C14H21N3O3S/c1-11-10-20-7-6-17(11)21(18,19)14-5-2-12(9-16-14)8-15-13-3-4-13/h2,5,9,11,13,15H,3-4,6-8,10H2,1H3. The van der Waals surface area contributed by atoms with Gasteiger partial charge in [0.05, 0.1) is 13.2 Å². The SMILES string of the molecule is CC1COCCN1S(=O)(=O)c1ccc(CNC2CC2)cn1. The molecule has 7 heteroatoms. The summed E-state index contributed by atoms with van der Waals surface area (Å²) in [5.74, 6) is 0. The summed E-state index contributed by atoms with van der Waals surface area (Å²) in [4.78, 5) is 4.15. The second kappa shape index (κ2) is 6.00. The maximum atomic E-state index is 12.6. The van der Waals surface area contributed by atoms with Gasteiger partial charge in [-0.15, -0.1) is 0 Å². The minimum atomic E-state index is -3.53. The highest BCUT2D eigenvalue weighted by Crippen LogP contribution is 2.21. The predicted octanol–water partition coefficient (Wildman–Crippen LogP) is 0.743. The van der Waals surface area contributed by atoms with Gasteiger partial charge in [0.15, 0.2) is 5.03 Å². The third-order valence-electron chi connectivity index (χ3n) is 3.85. The van der Waals surface area contributed by atoms with Gasteiger partial charge in [-0.1, -0.05) is 6.07 Å². The Balaban J connectivity index is 1.71. The van der Waals surface area contributed by atoms with E-state index in [-0.39, 0.29) is 11.1 Å². The van der Waals surface area contributed by atoms with E-state index in [1.54, 1.807) is 12.3 Å². The molecule has 1 aromatic rings. The lowest BCUT2D eigenvalue weighted by Gasteiger charge is -2.31. The molecule has 116 valence electrons. The van der Waals surface area contributed by atoms with Crippen molar-refractivity contribution in [2.75, 3.05) is 19.8 Å². The lowest BCUT2D eigenvalue weighted by Crippen LogP contribution is -2.47. The number of rotatable bonds is 5. The van der Waals surface area contributed by atoms with E-state index in [1.165, 1.54) is 17.1 Å². The number of hydrogen-bond acceptors (Lipinski definition) is 5. The van der Waals surface area contributed by atoms with Crippen LogP contribution in [0.5, 0.6) is 0 Å². The molecule has 0 aromatic carbocycles. The topological polar surface area (TPSA) is 71.5 Å². The van der Waals surface area contributed by atoms with Crippen LogP contribution in [-0.2, 0) is 21.3 Å². The fraction of sp³-hybridized carbons (Fsp3) is 0.643. The molecule has 1 N–H and O–H groups in total. The van der Waals surface area contributed by atoms with E-state index in [4.69, 9.17) is 4.74 Å². The van der Waals surface area contributed by atoms with Crippen LogP contribution in [0.1, 0.15) is 25.3 Å². The highest BCUT2D eigenvalue weighted by molar-refractivity contribution is 7.89. The number of nitrogens with zero attached hydrogens (tertiary/aromatic N) is 2. The molecule has 3 rings (SSSR count). The van der Waals surface area contributed by atoms with Crippen molar-refractivity contribution in [2.24, 2.45) is 0 Å². The molecular formula is C14H21N3O3S. The molecule has 1 saturated carbocycles. The molecule has 1 aliphatic carbocycles. The Labute approximate surface area is 125 Å². The molecular weight excluding hydrogens is 290 g/mol. The van der Waals surface area contributed by atoms with Crippen molar-refractivity contribution in [1.82, 2.24) is 14.6 Å². The third-order valence-corrected chi connectivity index (χ3v) is 5.78. The molecule has 2 fully saturated rings. The van der Waals surface area contributed by atoms with Gasteiger partial charge in [0.25, 0.3) is 10.0 Å². The Morgan fingerprint density at radius 3 is 2.86 bits per heavy atom. The number of morpholine rings is 1. The first-order chi connectivity index (χ1) is 10.1. The Morgan fingerprint density at radius 2 is 2.24 bits per heavy atom. The summed E-state index contributed by atoms with van der Waals surface area (Å²) in [6.07, 6.45) is 4.11. The van der Waals surface area contributed by atoms with Gasteiger partial charge in [0.1, 0.15) is 0 Å². The van der Waals surface area contributed by atoms with E-state index in [2.05, 4.69) is 10.3 Å². The van der Waals surface area contributed by atoms with Crippen molar-refractivity contribution < 1.29 is 13.2 Å². The molecule has 1 aromatic heterocycles. The van der Waals surface area contributed by atoms with E-state index >= 15 is 0 Å². The van der Waals surface area contributed by atoms with Crippen molar-refractivity contribution >= 4 is 10.0 Å². The Bertz CT molecular complexity index is 584. The quantitative estimate of drug-likeness (QED) is 0.868. The van der Waals surface area contributed by atoms with Crippen LogP contribution in [0.15, 0.2) is 23.4 Å². The molecule has 1 aliphatic heterocycles. The summed E-state index contributed by atoms with van der Waals surface area (Å²) < 4.78 is 31.9. The van der Waals surface area contributed by atoms with E-state index in [0.29, 0.717) is 25.8 Å². The van der Waals surface area contributed by atoms with Crippen molar-refractivity contribution in [1.29, 1.82) is 0 Å². The second-order valence-electron chi connectivity index (χ2n) is 5.70. The van der Waals surface area contributed by atoms with Crippen molar-refractivity contribution in [3.8, 4) is 0 Å². The van der Waals surface area contributed by atoms with Gasteiger partial charge in [-0.05, 0) is 31.4 Å². The summed E-state index contributed by atoms with van der Waals surface area (Å²) in [5, 5.41) is 3.50. The summed E-state index contributed by atoms with van der Waals surface area (Å²) in [7, 11) is -3.53. The van der Waals surface area contributed by atoms with Gasteiger partial charge in [0, 0.05) is 31.4 Å². The van der Waals surface area contributed by atoms with E-state index < -0.39 is 10.0 Å². The average molecular weight is 311 g/mol. The van der Waals surface area contributed by atoms with Crippen LogP contribution in [0.25, 0.3) is 0 Å². The molecule has 2 heterocycles. The molecule has 0 radical (unpaired) electrons. The summed E-state index contributed by atoms with van der Waals surface area (Å²) in [5.41, 5.74) is 1.01. The number of nitrogens with one attached hydrogen (secondary N) is 1. The van der Waals surface area contributed by atoms with Crippen LogP contribution in [0, 0.1) is 0 Å². The van der Waals surface area contributed by atoms with E-state index in [0.717, 1.165) is 12.1 Å². The zero-order valence-electron chi connectivity index (χ0n) is 12.2. The van der Waals surface area contributed by atoms with Gasteiger partial charge in [-0.3, -0.25) is 0 Å². The number of aromatic nitrogens is 1. The van der Waals surface area contributed by atoms with Crippen LogP contribution in [-0.4, -0.2) is 49.5 Å². The van der Waals surface area contributed by atoms with Gasteiger partial charge in [-0.25, -0.2) is 13.4 Å². The zero-order valence-corrected chi connectivity index (χ0v) is 13.0. The highest BCUT2D eigenvalue weighted by Gasteiger charge is 2.32. The number of ether oxygens (including phenoxy) is 1. The molecule has 2 aliphatic rings. The first kappa shape index (κ1) is 14.9. The van der Waals surface area contributed by atoms with Crippen LogP contribution >= 0.6 is 0 Å². The average Bonchev–Trinajstić information content (AvgIpc) is 3.30. The first-order valence-electron chi connectivity index (χ1n) is 7.35. The summed E-state index contributed by atoms with van der Waals surface area (Å²) in [6.45, 7) is 3.85. The minimum Gasteiger partial charge on any atom is -0.378 e. The Kier molecular flexibility index (Phi) is 4.26. The molecule has 6 nitrogen and oxygen atoms in total. The molecule has 1 saturated heterocycles. The summed E-state index contributed by atoms with van der Waals surface area (Å²) in [6, 6.07) is 3.91. The molecule has 1 unspecified atom stereocenters. The number of pyridine rings is 1. The normalized spacial score (nSPS) is 24.1. The third kappa shape index (κ3) is 3.42. The van der Waals surface area contributed by atoms with Crippen molar-refractivity contribution in [3.63, 3.8) is 0 Å². The molecule has 0 spiro atoms. The molecule has 0 amide bonds. The Hall–Kier alpha value is -1.02. The largest absolute Gasteiger partial charge is 0.378 e. The van der Waals surface area contributed by atoms with Crippen LogP contribution in [0.2, 0.25) is 0 Å². The monoisotopic (exact) mass is 311 g/mol. The fourth-order valence-electron chi connectivity index (χ4n) is 2.41. The molecule has 0 bridgehead atoms. The molecule has 1 atom stereocenters. The Morgan fingerprint density at radius 1 is 1.43 bits per heavy atom. The number of hydrogen-bond donors (Lipinski definition) is 1. The lowest BCUT2D eigenvalue weighted by atomic mass is 10.3.